The minimum Gasteiger partial charge on any atom is -0.348 e. The van der Waals surface area contributed by atoms with Crippen LogP contribution in [0.3, 0.4) is 0 Å². The molecule has 0 aliphatic carbocycles. The minimum atomic E-state index is -2.67. The first-order valence-corrected chi connectivity index (χ1v) is 9.69. The van der Waals surface area contributed by atoms with E-state index in [4.69, 9.17) is 0 Å². The molecular formula is C21H26F3N3O. The number of hydrogen-bond donors (Lipinski definition) is 1. The molecule has 0 bridgehead atoms. The Morgan fingerprint density at radius 1 is 1.36 bits per heavy atom. The normalized spacial score (nSPS) is 18.4. The number of fused-ring (bicyclic) bond motifs is 1. The second-order valence-corrected chi connectivity index (χ2v) is 8.03. The number of alkyl halides is 2. The van der Waals surface area contributed by atoms with Crippen LogP contribution in [0.25, 0.3) is 10.9 Å². The zero-order valence-corrected chi connectivity index (χ0v) is 16.2. The Kier molecular flexibility index (Phi) is 6.23. The molecule has 1 aromatic carbocycles. The van der Waals surface area contributed by atoms with Crippen molar-refractivity contribution in [3.05, 3.63) is 41.8 Å². The highest BCUT2D eigenvalue weighted by atomic mass is 19.3. The molecule has 0 spiro atoms. The summed E-state index contributed by atoms with van der Waals surface area (Å²) < 4.78 is 41.2. The van der Waals surface area contributed by atoms with E-state index in [2.05, 4.69) is 10.3 Å². The van der Waals surface area contributed by atoms with E-state index in [1.807, 2.05) is 13.8 Å². The Morgan fingerprint density at radius 2 is 2.14 bits per heavy atom. The third kappa shape index (κ3) is 5.22. The Morgan fingerprint density at radius 3 is 2.86 bits per heavy atom. The van der Waals surface area contributed by atoms with E-state index in [0.29, 0.717) is 42.8 Å². The number of carbonyl (C=O) groups is 1. The van der Waals surface area contributed by atoms with Crippen molar-refractivity contribution in [2.75, 3.05) is 19.6 Å². The fourth-order valence-electron chi connectivity index (χ4n) is 3.78. The molecular weight excluding hydrogens is 367 g/mol. The number of nitrogens with zero attached hydrogens (tertiary/aromatic N) is 2. The number of amides is 1. The fraction of sp³-hybridized carbons (Fsp3) is 0.524. The van der Waals surface area contributed by atoms with Gasteiger partial charge in [-0.25, -0.2) is 13.2 Å². The highest BCUT2D eigenvalue weighted by Gasteiger charge is 2.35. The van der Waals surface area contributed by atoms with Crippen molar-refractivity contribution in [3.8, 4) is 0 Å². The summed E-state index contributed by atoms with van der Waals surface area (Å²) in [5, 5.41) is 3.50. The van der Waals surface area contributed by atoms with Crippen molar-refractivity contribution in [1.82, 2.24) is 15.2 Å². The van der Waals surface area contributed by atoms with Gasteiger partial charge in [0.05, 0.1) is 12.1 Å². The van der Waals surface area contributed by atoms with Crippen LogP contribution >= 0.6 is 0 Å². The smallest absolute Gasteiger partial charge is 0.260 e. The average Bonchev–Trinajstić information content (AvgIpc) is 2.60. The molecule has 1 aromatic heterocycles. The van der Waals surface area contributed by atoms with Crippen LogP contribution in [0.2, 0.25) is 0 Å². The summed E-state index contributed by atoms with van der Waals surface area (Å²) in [7, 11) is 0. The Hall–Kier alpha value is -2.15. The molecule has 7 heteroatoms. The molecule has 1 aliphatic heterocycles. The summed E-state index contributed by atoms with van der Waals surface area (Å²) in [5.74, 6) is -3.13. The molecule has 1 aliphatic rings. The van der Waals surface area contributed by atoms with Crippen LogP contribution in [0.4, 0.5) is 13.2 Å². The summed E-state index contributed by atoms with van der Waals surface area (Å²) in [4.78, 5) is 18.5. The number of aromatic nitrogens is 1. The van der Waals surface area contributed by atoms with Gasteiger partial charge >= 0.3 is 0 Å². The third-order valence-corrected chi connectivity index (χ3v) is 4.97. The van der Waals surface area contributed by atoms with E-state index in [-0.39, 0.29) is 30.4 Å². The lowest BCUT2D eigenvalue weighted by atomic mass is 10.0. The van der Waals surface area contributed by atoms with Crippen molar-refractivity contribution in [3.63, 3.8) is 0 Å². The molecule has 2 aromatic rings. The van der Waals surface area contributed by atoms with Gasteiger partial charge in [0.25, 0.3) is 11.8 Å². The number of benzene rings is 1. The van der Waals surface area contributed by atoms with Gasteiger partial charge in [0.1, 0.15) is 11.3 Å². The van der Waals surface area contributed by atoms with Crippen LogP contribution in [-0.4, -0.2) is 47.4 Å². The number of likely N-dealkylation sites (tertiary alicyclic amines) is 1. The largest absolute Gasteiger partial charge is 0.348 e. The van der Waals surface area contributed by atoms with E-state index in [1.165, 1.54) is 12.3 Å². The minimum absolute atomic E-state index is 0.0793. The highest BCUT2D eigenvalue weighted by molar-refractivity contribution is 5.97. The monoisotopic (exact) mass is 393 g/mol. The highest BCUT2D eigenvalue weighted by Crippen LogP contribution is 2.27. The van der Waals surface area contributed by atoms with Crippen LogP contribution in [0, 0.1) is 11.7 Å². The second kappa shape index (κ2) is 8.47. The molecule has 1 amide bonds. The number of nitrogens with one attached hydrogen (secondary N) is 1. The van der Waals surface area contributed by atoms with Gasteiger partial charge < -0.3 is 5.32 Å². The number of halogens is 3. The summed E-state index contributed by atoms with van der Waals surface area (Å²) >= 11 is 0. The molecule has 3 rings (SSSR count). The number of hydrogen-bond acceptors (Lipinski definition) is 3. The Balaban J connectivity index is 1.72. The van der Waals surface area contributed by atoms with Crippen LogP contribution in [0.15, 0.2) is 30.5 Å². The Bertz CT molecular complexity index is 841. The molecule has 1 atom stereocenters. The molecule has 152 valence electrons. The Labute approximate surface area is 163 Å². The molecule has 1 saturated heterocycles. The molecule has 0 radical (unpaired) electrons. The standard InChI is InChI=1S/C21H26F3N3O/c1-14(2)9-17(12-27-8-4-7-21(23,24)13-27)26-20(28)16-10-15-5-3-6-18(22)19(15)25-11-16/h3,5-6,10-11,14,17H,4,7-9,12-13H2,1-2H3,(H,26,28). The van der Waals surface area contributed by atoms with Gasteiger partial charge in [0.2, 0.25) is 0 Å². The van der Waals surface area contributed by atoms with Gasteiger partial charge in [-0.15, -0.1) is 0 Å². The number of pyridine rings is 1. The number of piperidine rings is 1. The summed E-state index contributed by atoms with van der Waals surface area (Å²) in [5.41, 5.74) is 0.546. The fourth-order valence-corrected chi connectivity index (χ4v) is 3.78. The molecule has 2 heterocycles. The van der Waals surface area contributed by atoms with Crippen LogP contribution in [0.5, 0.6) is 0 Å². The van der Waals surface area contributed by atoms with Gasteiger partial charge in [-0.1, -0.05) is 26.0 Å². The summed E-state index contributed by atoms with van der Waals surface area (Å²) in [6.45, 7) is 4.79. The van der Waals surface area contributed by atoms with Crippen LogP contribution in [0.1, 0.15) is 43.5 Å². The maximum atomic E-state index is 13.8. The first kappa shape index (κ1) is 20.6. The van der Waals surface area contributed by atoms with E-state index in [9.17, 15) is 18.0 Å². The third-order valence-electron chi connectivity index (χ3n) is 4.97. The van der Waals surface area contributed by atoms with Gasteiger partial charge in [0, 0.05) is 30.6 Å². The molecule has 28 heavy (non-hydrogen) atoms. The first-order chi connectivity index (χ1) is 13.2. The lowest BCUT2D eigenvalue weighted by molar-refractivity contribution is -0.0656. The lowest BCUT2D eigenvalue weighted by Gasteiger charge is -2.35. The number of para-hydroxylation sites is 1. The molecule has 1 unspecified atom stereocenters. The summed E-state index contributed by atoms with van der Waals surface area (Å²) in [6, 6.07) is 5.94. The van der Waals surface area contributed by atoms with Crippen molar-refractivity contribution >= 4 is 16.8 Å². The van der Waals surface area contributed by atoms with Gasteiger partial charge in [-0.3, -0.25) is 14.7 Å². The number of carbonyl (C=O) groups excluding carboxylic acids is 1. The molecule has 4 nitrogen and oxygen atoms in total. The molecule has 1 fully saturated rings. The SMILES string of the molecule is CC(C)CC(CN1CCCC(F)(F)C1)NC(=O)c1cnc2c(F)cccc2c1. The lowest BCUT2D eigenvalue weighted by Crippen LogP contribution is -2.50. The first-order valence-electron chi connectivity index (χ1n) is 9.69. The maximum absolute atomic E-state index is 13.8. The van der Waals surface area contributed by atoms with Crippen molar-refractivity contribution in [1.29, 1.82) is 0 Å². The topological polar surface area (TPSA) is 45.2 Å². The van der Waals surface area contributed by atoms with E-state index >= 15 is 0 Å². The van der Waals surface area contributed by atoms with Gasteiger partial charge in [0.15, 0.2) is 0 Å². The molecule has 0 saturated carbocycles. The summed E-state index contributed by atoms with van der Waals surface area (Å²) in [6.07, 6.45) is 2.41. The van der Waals surface area contributed by atoms with Crippen molar-refractivity contribution in [2.24, 2.45) is 5.92 Å². The zero-order chi connectivity index (χ0) is 20.3. The molecule has 1 N–H and O–H groups in total. The number of rotatable bonds is 6. The second-order valence-electron chi connectivity index (χ2n) is 8.03. The van der Waals surface area contributed by atoms with E-state index in [0.717, 1.165) is 0 Å². The van der Waals surface area contributed by atoms with Gasteiger partial charge in [-0.05, 0) is 37.4 Å². The zero-order valence-electron chi connectivity index (χ0n) is 16.2. The predicted octanol–water partition coefficient (Wildman–Crippen LogP) is 4.25. The quantitative estimate of drug-likeness (QED) is 0.798. The van der Waals surface area contributed by atoms with Crippen LogP contribution < -0.4 is 5.32 Å². The van der Waals surface area contributed by atoms with Crippen molar-refractivity contribution in [2.45, 2.75) is 45.1 Å². The maximum Gasteiger partial charge on any atom is 0.260 e. The van der Waals surface area contributed by atoms with Gasteiger partial charge in [-0.2, -0.15) is 0 Å². The van der Waals surface area contributed by atoms with E-state index < -0.39 is 11.7 Å². The van der Waals surface area contributed by atoms with Crippen LogP contribution in [-0.2, 0) is 0 Å². The van der Waals surface area contributed by atoms with E-state index in [1.54, 1.807) is 23.1 Å². The average molecular weight is 393 g/mol. The predicted molar refractivity (Wildman–Crippen MR) is 103 cm³/mol. The van der Waals surface area contributed by atoms with Crippen molar-refractivity contribution < 1.29 is 18.0 Å².